The van der Waals surface area contributed by atoms with Crippen molar-refractivity contribution >= 4 is 37.5 Å². The highest BCUT2D eigenvalue weighted by Gasteiger charge is 2.30. The minimum atomic E-state index is -0.512. The zero-order valence-corrected chi connectivity index (χ0v) is 18.2. The first-order valence-electron chi connectivity index (χ1n) is 8.15. The topological polar surface area (TPSA) is 108 Å². The van der Waals surface area contributed by atoms with Gasteiger partial charge in [-0.15, -0.1) is 0 Å². The van der Waals surface area contributed by atoms with E-state index in [-0.39, 0.29) is 49.6 Å². The molecule has 0 aliphatic rings. The summed E-state index contributed by atoms with van der Waals surface area (Å²) in [5.74, 6) is 0.647. The highest BCUT2D eigenvalue weighted by Crippen LogP contribution is 2.43. The van der Waals surface area contributed by atoms with Gasteiger partial charge in [-0.3, -0.25) is 10.1 Å². The summed E-state index contributed by atoms with van der Waals surface area (Å²) in [6.45, 7) is 7.89. The Morgan fingerprint density at radius 3 is 1.59 bits per heavy atom. The molecule has 0 aliphatic carbocycles. The third-order valence-corrected chi connectivity index (χ3v) is 5.37. The van der Waals surface area contributed by atoms with Crippen molar-refractivity contribution in [3.05, 3.63) is 43.0 Å². The molecule has 0 bridgehead atoms. The molecule has 0 unspecified atom stereocenters. The Hall–Kier alpha value is -2.07. The zero-order chi connectivity index (χ0) is 19.9. The predicted molar refractivity (Wildman–Crippen MR) is 105 cm³/mol. The molecule has 3 aromatic rings. The second kappa shape index (κ2) is 7.51. The second-order valence-electron chi connectivity index (χ2n) is 6.51. The van der Waals surface area contributed by atoms with E-state index in [9.17, 15) is 10.1 Å². The number of aromatic nitrogens is 3. The molecular formula is C17H16Br2N4O4. The number of hydrogen-bond acceptors (Lipinski definition) is 7. The molecule has 0 N–H and O–H groups in total. The molecule has 10 heteroatoms. The lowest BCUT2D eigenvalue weighted by atomic mass is 10.2. The summed E-state index contributed by atoms with van der Waals surface area (Å²) in [5.41, 5.74) is 1.66. The van der Waals surface area contributed by atoms with Crippen molar-refractivity contribution in [2.45, 2.75) is 39.5 Å². The van der Waals surface area contributed by atoms with E-state index >= 15 is 0 Å². The quantitative estimate of drug-likeness (QED) is 0.309. The van der Waals surface area contributed by atoms with Crippen molar-refractivity contribution in [3.8, 4) is 23.2 Å². The Morgan fingerprint density at radius 1 is 0.889 bits per heavy atom. The lowest BCUT2D eigenvalue weighted by Gasteiger charge is -2.07. The second-order valence-corrected chi connectivity index (χ2v) is 8.09. The van der Waals surface area contributed by atoms with Crippen LogP contribution in [0.15, 0.2) is 30.3 Å². The average Bonchev–Trinajstić information content (AvgIpc) is 3.24. The zero-order valence-electron chi connectivity index (χ0n) is 15.0. The Labute approximate surface area is 171 Å². The molecule has 0 fully saturated rings. The molecule has 0 aliphatic heterocycles. The Kier molecular flexibility index (Phi) is 5.48. The smallest absolute Gasteiger partial charge is 0.302 e. The van der Waals surface area contributed by atoms with Gasteiger partial charge in [-0.2, -0.15) is 0 Å². The summed E-state index contributed by atoms with van der Waals surface area (Å²) in [6.07, 6.45) is 3.04. The van der Waals surface area contributed by atoms with Crippen molar-refractivity contribution in [3.63, 3.8) is 0 Å². The third-order valence-electron chi connectivity index (χ3n) is 3.87. The molecule has 3 rings (SSSR count). The average molecular weight is 500 g/mol. The fourth-order valence-corrected chi connectivity index (χ4v) is 3.76. The summed E-state index contributed by atoms with van der Waals surface area (Å²) < 4.78 is 11.3. The van der Waals surface area contributed by atoms with Gasteiger partial charge in [-0.1, -0.05) is 27.7 Å². The van der Waals surface area contributed by atoms with Crippen LogP contribution in [0.2, 0.25) is 0 Å². The molecular weight excluding hydrogens is 484 g/mol. The van der Waals surface area contributed by atoms with Crippen molar-refractivity contribution in [1.82, 2.24) is 15.0 Å². The Bertz CT molecular complexity index is 940. The van der Waals surface area contributed by atoms with E-state index < -0.39 is 4.92 Å². The van der Waals surface area contributed by atoms with Crippen LogP contribution < -0.4 is 0 Å². The van der Waals surface area contributed by atoms with Gasteiger partial charge in [0.15, 0.2) is 0 Å². The van der Waals surface area contributed by atoms with Crippen molar-refractivity contribution in [2.75, 3.05) is 0 Å². The van der Waals surface area contributed by atoms with Gasteiger partial charge in [0.1, 0.15) is 32.9 Å². The van der Waals surface area contributed by atoms with Crippen LogP contribution in [-0.2, 0) is 0 Å². The van der Waals surface area contributed by atoms with Gasteiger partial charge in [-0.25, -0.2) is 15.0 Å². The van der Waals surface area contributed by atoms with Crippen LogP contribution in [-0.4, -0.2) is 19.9 Å². The number of pyridine rings is 1. The van der Waals surface area contributed by atoms with Crippen LogP contribution in [0, 0.1) is 10.1 Å². The molecule has 27 heavy (non-hydrogen) atoms. The SMILES string of the molecule is CC(C)c1coc(-c2nc(-c3nc(C(C)C)co3)c(Br)c([N+](=O)[O-])c2Br)n1. The molecule has 0 radical (unpaired) electrons. The molecule has 142 valence electrons. The first kappa shape index (κ1) is 19.7. The summed E-state index contributed by atoms with van der Waals surface area (Å²) in [6, 6.07) is 0. The van der Waals surface area contributed by atoms with E-state index in [4.69, 9.17) is 8.83 Å². The predicted octanol–water partition coefficient (Wildman–Crippen LogP) is 6.07. The van der Waals surface area contributed by atoms with Gasteiger partial charge in [0.05, 0.1) is 16.3 Å². The van der Waals surface area contributed by atoms with Crippen molar-refractivity contribution in [1.29, 1.82) is 0 Å². The maximum absolute atomic E-state index is 11.7. The first-order chi connectivity index (χ1) is 12.7. The van der Waals surface area contributed by atoms with E-state index in [1.54, 1.807) is 0 Å². The maximum atomic E-state index is 11.7. The van der Waals surface area contributed by atoms with E-state index in [1.165, 1.54) is 12.5 Å². The lowest BCUT2D eigenvalue weighted by molar-refractivity contribution is -0.386. The van der Waals surface area contributed by atoms with Crippen LogP contribution in [0.25, 0.3) is 23.2 Å². The van der Waals surface area contributed by atoms with Gasteiger partial charge in [0.2, 0.25) is 11.8 Å². The van der Waals surface area contributed by atoms with Crippen LogP contribution in [0.5, 0.6) is 0 Å². The normalized spacial score (nSPS) is 11.6. The molecule has 0 atom stereocenters. The van der Waals surface area contributed by atoms with Gasteiger partial charge in [0.25, 0.3) is 0 Å². The summed E-state index contributed by atoms with van der Waals surface area (Å²) in [4.78, 5) is 24.4. The van der Waals surface area contributed by atoms with Crippen LogP contribution in [0.1, 0.15) is 50.9 Å². The fraction of sp³-hybridized carbons (Fsp3) is 0.353. The summed E-state index contributed by atoms with van der Waals surface area (Å²) in [7, 11) is 0. The monoisotopic (exact) mass is 498 g/mol. The number of oxazole rings is 2. The molecule has 0 aromatic carbocycles. The molecule has 3 heterocycles. The van der Waals surface area contributed by atoms with Crippen molar-refractivity contribution in [2.24, 2.45) is 0 Å². The summed E-state index contributed by atoms with van der Waals surface area (Å²) >= 11 is 6.53. The van der Waals surface area contributed by atoms with Gasteiger partial charge in [0, 0.05) is 0 Å². The maximum Gasteiger partial charge on any atom is 0.302 e. The molecule has 0 amide bonds. The largest absolute Gasteiger partial charge is 0.443 e. The number of hydrogen-bond donors (Lipinski definition) is 0. The highest BCUT2D eigenvalue weighted by atomic mass is 79.9. The van der Waals surface area contributed by atoms with Gasteiger partial charge in [-0.05, 0) is 43.7 Å². The molecule has 8 nitrogen and oxygen atoms in total. The minimum absolute atomic E-state index is 0.145. The Balaban J connectivity index is 2.24. The van der Waals surface area contributed by atoms with E-state index in [0.717, 1.165) is 11.4 Å². The minimum Gasteiger partial charge on any atom is -0.443 e. The molecule has 0 saturated carbocycles. The standard InChI is InChI=1S/C17H16Br2N4O4/c1-7(2)9-5-26-16(20-9)13-11(18)15(23(24)25)12(19)14(22-13)17-21-10(6-27-17)8(3)4/h5-8H,1-4H3. The third kappa shape index (κ3) is 3.68. The van der Waals surface area contributed by atoms with Gasteiger partial charge >= 0.3 is 5.69 Å². The summed E-state index contributed by atoms with van der Waals surface area (Å²) in [5, 5.41) is 11.7. The molecule has 0 saturated heterocycles. The molecule has 0 spiro atoms. The number of halogens is 2. The van der Waals surface area contributed by atoms with Gasteiger partial charge < -0.3 is 8.83 Å². The van der Waals surface area contributed by atoms with E-state index in [1.807, 2.05) is 27.7 Å². The van der Waals surface area contributed by atoms with Crippen LogP contribution >= 0.6 is 31.9 Å². The van der Waals surface area contributed by atoms with E-state index in [2.05, 4.69) is 46.8 Å². The van der Waals surface area contributed by atoms with Crippen LogP contribution in [0.4, 0.5) is 5.69 Å². The highest BCUT2D eigenvalue weighted by molar-refractivity contribution is 9.11. The lowest BCUT2D eigenvalue weighted by Crippen LogP contribution is -2.00. The van der Waals surface area contributed by atoms with E-state index in [0.29, 0.717) is 0 Å². The fourth-order valence-electron chi connectivity index (χ4n) is 2.29. The Morgan fingerprint density at radius 2 is 1.30 bits per heavy atom. The molecule has 3 aromatic heterocycles. The first-order valence-corrected chi connectivity index (χ1v) is 9.74. The number of nitrogens with zero attached hydrogens (tertiary/aromatic N) is 4. The van der Waals surface area contributed by atoms with Crippen molar-refractivity contribution < 1.29 is 13.8 Å². The number of nitro groups is 1. The number of rotatable bonds is 5. The van der Waals surface area contributed by atoms with Crippen LogP contribution in [0.3, 0.4) is 0 Å².